The Labute approximate surface area is 248 Å². The molecule has 8 nitrogen and oxygen atoms in total. The summed E-state index contributed by atoms with van der Waals surface area (Å²) in [6, 6.07) is 8.92. The highest BCUT2D eigenvalue weighted by molar-refractivity contribution is 5.79. The second-order valence-corrected chi connectivity index (χ2v) is 10.1. The molecule has 228 valence electrons. The number of hydrogen-bond acceptors (Lipinski definition) is 7. The second-order valence-electron chi connectivity index (χ2n) is 10.1. The molecular formula is C31H26F5N5O3. The van der Waals surface area contributed by atoms with Gasteiger partial charge in [-0.1, -0.05) is 19.1 Å². The number of carbonyl (C=O) groups is 1. The minimum atomic E-state index is -4.67. The van der Waals surface area contributed by atoms with Crippen molar-refractivity contribution >= 4 is 5.97 Å². The van der Waals surface area contributed by atoms with Crippen LogP contribution in [0.5, 0.6) is 5.75 Å². The number of ether oxygens (including phenoxy) is 2. The van der Waals surface area contributed by atoms with E-state index in [0.717, 1.165) is 12.1 Å². The lowest BCUT2D eigenvalue weighted by atomic mass is 10.0. The third-order valence-electron chi connectivity index (χ3n) is 6.46. The van der Waals surface area contributed by atoms with Crippen LogP contribution in [0.4, 0.5) is 22.0 Å². The van der Waals surface area contributed by atoms with Crippen LogP contribution >= 0.6 is 0 Å². The molecule has 0 aliphatic carbocycles. The number of nitrogens with zero attached hydrogens (tertiary/aromatic N) is 5. The van der Waals surface area contributed by atoms with Gasteiger partial charge in [0.1, 0.15) is 17.1 Å². The Bertz CT molecular complexity index is 1750. The molecule has 3 aromatic rings. The molecule has 5 rings (SSSR count). The highest BCUT2D eigenvalue weighted by Crippen LogP contribution is 2.39. The third kappa shape index (κ3) is 6.36. The fraction of sp³-hybridized carbons (Fsp3) is 0.258. The van der Waals surface area contributed by atoms with Crippen molar-refractivity contribution in [1.82, 2.24) is 24.7 Å². The van der Waals surface area contributed by atoms with Crippen molar-refractivity contribution in [2.45, 2.75) is 45.5 Å². The van der Waals surface area contributed by atoms with E-state index in [-0.39, 0.29) is 52.0 Å². The number of fused-ring (bicyclic) bond motifs is 1. The molecule has 0 amide bonds. The number of halogens is 5. The summed E-state index contributed by atoms with van der Waals surface area (Å²) < 4.78 is 82.1. The smallest absolute Gasteiger partial charge is 0.417 e. The molecule has 0 bridgehead atoms. The zero-order valence-electron chi connectivity index (χ0n) is 23.8. The van der Waals surface area contributed by atoms with Crippen molar-refractivity contribution < 1.29 is 36.2 Å². The number of aromatic nitrogens is 5. The number of pyridine rings is 1. The van der Waals surface area contributed by atoms with Crippen molar-refractivity contribution in [3.8, 4) is 39.8 Å². The molecule has 0 fully saturated rings. The van der Waals surface area contributed by atoms with Gasteiger partial charge in [-0.2, -0.15) is 18.3 Å². The second kappa shape index (κ2) is 12.3. The van der Waals surface area contributed by atoms with Gasteiger partial charge < -0.3 is 9.47 Å². The Morgan fingerprint density at radius 3 is 2.41 bits per heavy atom. The SMILES string of the molecule is CCCOc1ccc(-c2ccc(C(C(=O)OC(C)C)n3cc4nc(-c5cccc(F)c5F)nc-4cn3)cn2)c(C(F)(F)F)c1. The lowest BCUT2D eigenvalue weighted by Gasteiger charge is -2.20. The predicted octanol–water partition coefficient (Wildman–Crippen LogP) is 7.13. The first-order chi connectivity index (χ1) is 21.0. The van der Waals surface area contributed by atoms with E-state index in [1.54, 1.807) is 13.8 Å². The van der Waals surface area contributed by atoms with Crippen LogP contribution in [0.15, 0.2) is 67.1 Å². The zero-order chi connectivity index (χ0) is 31.6. The van der Waals surface area contributed by atoms with Crippen LogP contribution in [0.1, 0.15) is 44.4 Å². The molecule has 0 spiro atoms. The van der Waals surface area contributed by atoms with E-state index in [1.807, 2.05) is 6.92 Å². The van der Waals surface area contributed by atoms with E-state index >= 15 is 0 Å². The Hall–Kier alpha value is -4.94. The molecule has 13 heteroatoms. The van der Waals surface area contributed by atoms with Crippen molar-refractivity contribution in [2.75, 3.05) is 6.61 Å². The van der Waals surface area contributed by atoms with Crippen LogP contribution in [0.2, 0.25) is 0 Å². The summed E-state index contributed by atoms with van der Waals surface area (Å²) in [5.74, 6) is -2.86. The van der Waals surface area contributed by atoms with Gasteiger partial charge in [-0.15, -0.1) is 0 Å². The highest BCUT2D eigenvalue weighted by Gasteiger charge is 2.35. The van der Waals surface area contributed by atoms with Crippen LogP contribution in [0.25, 0.3) is 34.0 Å². The van der Waals surface area contributed by atoms with Gasteiger partial charge in [-0.3, -0.25) is 9.67 Å². The van der Waals surface area contributed by atoms with Gasteiger partial charge in [0.2, 0.25) is 0 Å². The molecule has 0 saturated carbocycles. The molecule has 1 unspecified atom stereocenters. The largest absolute Gasteiger partial charge is 0.494 e. The van der Waals surface area contributed by atoms with Gasteiger partial charge in [0.25, 0.3) is 0 Å². The normalized spacial score (nSPS) is 12.5. The van der Waals surface area contributed by atoms with E-state index < -0.39 is 41.5 Å². The number of hydrogen-bond donors (Lipinski definition) is 0. The quantitative estimate of drug-likeness (QED) is 0.129. The lowest BCUT2D eigenvalue weighted by Crippen LogP contribution is -2.27. The van der Waals surface area contributed by atoms with Gasteiger partial charge in [-0.05, 0) is 56.7 Å². The van der Waals surface area contributed by atoms with Gasteiger partial charge in [0.15, 0.2) is 23.5 Å². The van der Waals surface area contributed by atoms with Crippen molar-refractivity contribution in [2.24, 2.45) is 0 Å². The summed E-state index contributed by atoms with van der Waals surface area (Å²) in [6.07, 6.45) is -0.568. The fourth-order valence-electron chi connectivity index (χ4n) is 4.49. The van der Waals surface area contributed by atoms with Gasteiger partial charge in [0.05, 0.1) is 41.9 Å². The van der Waals surface area contributed by atoms with Gasteiger partial charge in [-0.25, -0.2) is 23.5 Å². The molecule has 2 aliphatic rings. The number of benzene rings is 2. The summed E-state index contributed by atoms with van der Waals surface area (Å²) in [5.41, 5.74) is -0.443. The van der Waals surface area contributed by atoms with Crippen LogP contribution in [-0.4, -0.2) is 43.4 Å². The molecule has 0 radical (unpaired) electrons. The molecular weight excluding hydrogens is 585 g/mol. The number of alkyl halides is 3. The zero-order valence-corrected chi connectivity index (χ0v) is 23.8. The molecule has 1 atom stereocenters. The average Bonchev–Trinajstić information content (AvgIpc) is 3.40. The first kappa shape index (κ1) is 30.5. The summed E-state index contributed by atoms with van der Waals surface area (Å²) in [7, 11) is 0. The topological polar surface area (TPSA) is 92.0 Å². The first-order valence-corrected chi connectivity index (χ1v) is 13.6. The minimum Gasteiger partial charge on any atom is -0.494 e. The summed E-state index contributed by atoms with van der Waals surface area (Å²) in [4.78, 5) is 26.0. The Morgan fingerprint density at radius 1 is 0.955 bits per heavy atom. The van der Waals surface area contributed by atoms with Crippen LogP contribution < -0.4 is 4.74 Å². The number of rotatable bonds is 9. The Morgan fingerprint density at radius 2 is 1.73 bits per heavy atom. The maximum Gasteiger partial charge on any atom is 0.417 e. The molecule has 3 heterocycles. The maximum atomic E-state index is 14.4. The summed E-state index contributed by atoms with van der Waals surface area (Å²) in [5, 5.41) is 4.28. The molecule has 0 N–H and O–H groups in total. The van der Waals surface area contributed by atoms with Crippen LogP contribution in [-0.2, 0) is 15.7 Å². The molecule has 44 heavy (non-hydrogen) atoms. The van der Waals surface area contributed by atoms with Gasteiger partial charge >= 0.3 is 12.1 Å². The fourth-order valence-corrected chi connectivity index (χ4v) is 4.49. The standard InChI is InChI=1S/C31H26F5N5O3/c1-4-12-43-19-9-10-20(22(13-19)31(34,35)36)24-11-8-18(14-37-24)28(30(42)44-17(2)3)41-16-26-25(15-38-41)39-29(40-26)21-6-5-7-23(32)27(21)33/h5-11,13-17,28H,4,12H2,1-3H3. The van der Waals surface area contributed by atoms with Crippen LogP contribution in [0.3, 0.4) is 0 Å². The monoisotopic (exact) mass is 611 g/mol. The van der Waals surface area contributed by atoms with Crippen molar-refractivity contribution in [3.05, 3.63) is 89.9 Å². The van der Waals surface area contributed by atoms with E-state index in [1.165, 1.54) is 59.7 Å². The summed E-state index contributed by atoms with van der Waals surface area (Å²) >= 11 is 0. The maximum absolute atomic E-state index is 14.4. The van der Waals surface area contributed by atoms with E-state index in [0.29, 0.717) is 6.42 Å². The van der Waals surface area contributed by atoms with Crippen molar-refractivity contribution in [1.29, 1.82) is 0 Å². The van der Waals surface area contributed by atoms with E-state index in [2.05, 4.69) is 20.1 Å². The first-order valence-electron chi connectivity index (χ1n) is 13.6. The number of esters is 1. The molecule has 2 aromatic carbocycles. The van der Waals surface area contributed by atoms with Crippen LogP contribution in [0, 0.1) is 11.6 Å². The average molecular weight is 612 g/mol. The minimum absolute atomic E-state index is 0.0242. The molecule has 2 aliphatic heterocycles. The predicted molar refractivity (Wildman–Crippen MR) is 150 cm³/mol. The highest BCUT2D eigenvalue weighted by atomic mass is 19.4. The van der Waals surface area contributed by atoms with E-state index in [4.69, 9.17) is 9.47 Å². The number of imidazole rings is 1. The molecule has 1 aromatic heterocycles. The van der Waals surface area contributed by atoms with E-state index in [9.17, 15) is 26.7 Å². The summed E-state index contributed by atoms with van der Waals surface area (Å²) in [6.45, 7) is 5.44. The lowest BCUT2D eigenvalue weighted by molar-refractivity contribution is -0.150. The van der Waals surface area contributed by atoms with Gasteiger partial charge in [0, 0.05) is 17.3 Å². The van der Waals surface area contributed by atoms with Crippen molar-refractivity contribution in [3.63, 3.8) is 0 Å². The Balaban J connectivity index is 1.53. The third-order valence-corrected chi connectivity index (χ3v) is 6.46. The number of carbonyl (C=O) groups excluding carboxylic acids is 1. The Kier molecular flexibility index (Phi) is 8.56. The molecule has 0 saturated heterocycles.